The normalized spacial score (nSPS) is 17.8. The van der Waals surface area contributed by atoms with Crippen molar-refractivity contribution in [1.29, 1.82) is 0 Å². The molecular weight excluding hydrogens is 368 g/mol. The largest absolute Gasteiger partial charge is 0.486 e. The van der Waals surface area contributed by atoms with Gasteiger partial charge >= 0.3 is 0 Å². The van der Waals surface area contributed by atoms with Crippen molar-refractivity contribution >= 4 is 5.91 Å². The van der Waals surface area contributed by atoms with Gasteiger partial charge in [-0.1, -0.05) is 19.9 Å². The number of nitrogens with zero attached hydrogens (tertiary/aromatic N) is 2. The zero-order valence-electron chi connectivity index (χ0n) is 17.4. The number of benzene rings is 1. The van der Waals surface area contributed by atoms with Gasteiger partial charge in [0.25, 0.3) is 0 Å². The van der Waals surface area contributed by atoms with Crippen LogP contribution in [-0.4, -0.2) is 35.4 Å². The fourth-order valence-electron chi connectivity index (χ4n) is 3.59. The number of carbonyl (C=O) groups excluding carboxylic acids is 1. The Kier molecular flexibility index (Phi) is 5.76. The van der Waals surface area contributed by atoms with E-state index in [9.17, 15) is 4.79 Å². The van der Waals surface area contributed by atoms with Crippen LogP contribution in [0.4, 0.5) is 0 Å². The third-order valence-electron chi connectivity index (χ3n) is 5.52. The average molecular weight is 399 g/mol. The van der Waals surface area contributed by atoms with Crippen molar-refractivity contribution in [2.75, 3.05) is 19.8 Å². The number of hydrogen-bond acceptors (Lipinski definition) is 5. The molecule has 4 rings (SSSR count). The molecule has 0 radical (unpaired) electrons. The van der Waals surface area contributed by atoms with Crippen molar-refractivity contribution in [2.45, 2.75) is 51.7 Å². The van der Waals surface area contributed by atoms with E-state index in [1.165, 1.54) is 12.8 Å². The molecule has 2 atom stereocenters. The second-order valence-electron chi connectivity index (χ2n) is 8.28. The molecule has 1 fully saturated rings. The molecule has 2 N–H and O–H groups in total. The summed E-state index contributed by atoms with van der Waals surface area (Å²) >= 11 is 0. The maximum Gasteiger partial charge on any atom is 0.234 e. The Labute approximate surface area is 171 Å². The number of nitrogens with one attached hydrogen (secondary N) is 2. The zero-order chi connectivity index (χ0) is 20.4. The summed E-state index contributed by atoms with van der Waals surface area (Å²) in [6.07, 6.45) is 6.39. The van der Waals surface area contributed by atoms with E-state index < -0.39 is 0 Å². The van der Waals surface area contributed by atoms with Gasteiger partial charge < -0.3 is 20.1 Å². The number of aromatic nitrogens is 2. The summed E-state index contributed by atoms with van der Waals surface area (Å²) < 4.78 is 13.3. The van der Waals surface area contributed by atoms with Crippen LogP contribution in [-0.2, 0) is 4.79 Å². The van der Waals surface area contributed by atoms with Gasteiger partial charge in [-0.25, -0.2) is 0 Å². The first-order valence-corrected chi connectivity index (χ1v) is 10.5. The molecule has 1 aromatic heterocycles. The van der Waals surface area contributed by atoms with Gasteiger partial charge in [0.2, 0.25) is 5.91 Å². The molecule has 1 aliphatic heterocycles. The van der Waals surface area contributed by atoms with Crippen molar-refractivity contribution in [3.05, 3.63) is 41.7 Å². The molecule has 0 bridgehead atoms. The van der Waals surface area contributed by atoms with E-state index in [4.69, 9.17) is 9.47 Å². The molecule has 1 aromatic carbocycles. The predicted octanol–water partition coefficient (Wildman–Crippen LogP) is 3.15. The minimum atomic E-state index is -0.0898. The van der Waals surface area contributed by atoms with Crippen LogP contribution in [0.3, 0.4) is 0 Å². The molecule has 2 heterocycles. The second kappa shape index (κ2) is 8.45. The zero-order valence-corrected chi connectivity index (χ0v) is 17.4. The Hall–Kier alpha value is -2.54. The van der Waals surface area contributed by atoms with Crippen molar-refractivity contribution < 1.29 is 14.3 Å². The quantitative estimate of drug-likeness (QED) is 0.714. The van der Waals surface area contributed by atoms with E-state index in [0.717, 1.165) is 22.6 Å². The Bertz CT molecular complexity index is 859. The average Bonchev–Trinajstić information content (AvgIpc) is 3.46. The van der Waals surface area contributed by atoms with Crippen LogP contribution in [0.15, 0.2) is 30.6 Å². The molecular formula is C22H30N4O3. The van der Waals surface area contributed by atoms with E-state index in [1.807, 2.05) is 29.1 Å². The minimum absolute atomic E-state index is 0.0278. The van der Waals surface area contributed by atoms with Crippen LogP contribution >= 0.6 is 0 Å². The third-order valence-corrected chi connectivity index (χ3v) is 5.52. The van der Waals surface area contributed by atoms with Crippen molar-refractivity contribution in [1.82, 2.24) is 20.4 Å². The third kappa shape index (κ3) is 4.72. The van der Waals surface area contributed by atoms with Gasteiger partial charge in [-0.15, -0.1) is 0 Å². The fourth-order valence-corrected chi connectivity index (χ4v) is 3.59. The van der Waals surface area contributed by atoms with E-state index >= 15 is 0 Å². The molecule has 2 unspecified atom stereocenters. The van der Waals surface area contributed by atoms with Gasteiger partial charge in [-0.05, 0) is 43.4 Å². The molecule has 1 amide bonds. The summed E-state index contributed by atoms with van der Waals surface area (Å²) in [4.78, 5) is 12.6. The van der Waals surface area contributed by atoms with Crippen molar-refractivity contribution in [3.8, 4) is 11.5 Å². The van der Waals surface area contributed by atoms with Crippen LogP contribution in [0.25, 0.3) is 0 Å². The summed E-state index contributed by atoms with van der Waals surface area (Å²) in [5.41, 5.74) is 2.13. The van der Waals surface area contributed by atoms with E-state index in [1.54, 1.807) is 0 Å². The lowest BCUT2D eigenvalue weighted by Gasteiger charge is -2.26. The fraction of sp³-hybridized carbons (Fsp3) is 0.545. The Morgan fingerprint density at radius 2 is 1.93 bits per heavy atom. The topological polar surface area (TPSA) is 77.4 Å². The number of rotatable bonds is 8. The molecule has 7 nitrogen and oxygen atoms in total. The van der Waals surface area contributed by atoms with Gasteiger partial charge in [-0.2, -0.15) is 5.10 Å². The molecule has 0 spiro atoms. The second-order valence-corrected chi connectivity index (χ2v) is 8.28. The van der Waals surface area contributed by atoms with E-state index in [2.05, 4.69) is 42.7 Å². The lowest BCUT2D eigenvalue weighted by atomic mass is 9.95. The lowest BCUT2D eigenvalue weighted by molar-refractivity contribution is -0.121. The minimum Gasteiger partial charge on any atom is -0.486 e. The highest BCUT2D eigenvalue weighted by molar-refractivity contribution is 5.78. The number of hydrogen-bond donors (Lipinski definition) is 2. The molecule has 1 saturated carbocycles. The first-order chi connectivity index (χ1) is 14.0. The maximum atomic E-state index is 12.6. The highest BCUT2D eigenvalue weighted by Crippen LogP contribution is 2.35. The number of fused-ring (bicyclic) bond motifs is 1. The first-order valence-electron chi connectivity index (χ1n) is 10.5. The molecule has 2 aromatic rings. The van der Waals surface area contributed by atoms with Gasteiger partial charge in [-0.3, -0.25) is 9.48 Å². The number of carbonyl (C=O) groups is 1. The van der Waals surface area contributed by atoms with Crippen molar-refractivity contribution in [3.63, 3.8) is 0 Å². The Morgan fingerprint density at radius 1 is 1.17 bits per heavy atom. The monoisotopic (exact) mass is 398 g/mol. The molecule has 2 aliphatic rings. The van der Waals surface area contributed by atoms with Gasteiger partial charge in [0.1, 0.15) is 13.2 Å². The van der Waals surface area contributed by atoms with E-state index in [0.29, 0.717) is 19.3 Å². The van der Waals surface area contributed by atoms with Gasteiger partial charge in [0.15, 0.2) is 11.5 Å². The van der Waals surface area contributed by atoms with Crippen LogP contribution in [0.1, 0.15) is 62.9 Å². The summed E-state index contributed by atoms with van der Waals surface area (Å²) in [5.74, 6) is 1.72. The summed E-state index contributed by atoms with van der Waals surface area (Å²) in [6.45, 7) is 7.63. The standard InChI is InChI=1S/C22H30N4O3/c1-14(2)22(16-4-7-19-20(10-16)29-9-8-28-19)25-21(27)12-23-15(3)17-11-24-26(13-17)18-5-6-18/h4,7,10-11,13-15,18,22-23H,5-6,8-9,12H2,1-3H3,(H,25,27). The van der Waals surface area contributed by atoms with Gasteiger partial charge in [0, 0.05) is 17.8 Å². The summed E-state index contributed by atoms with van der Waals surface area (Å²) in [7, 11) is 0. The van der Waals surface area contributed by atoms with Crippen LogP contribution < -0.4 is 20.1 Å². The Morgan fingerprint density at radius 3 is 2.66 bits per heavy atom. The molecule has 156 valence electrons. The first kappa shape index (κ1) is 19.8. The molecule has 1 aliphatic carbocycles. The Balaban J connectivity index is 1.34. The predicted molar refractivity (Wildman–Crippen MR) is 110 cm³/mol. The van der Waals surface area contributed by atoms with Gasteiger partial charge in [0.05, 0.1) is 24.8 Å². The molecule has 7 heteroatoms. The van der Waals surface area contributed by atoms with Crippen LogP contribution in [0.5, 0.6) is 11.5 Å². The highest BCUT2D eigenvalue weighted by Gasteiger charge is 2.25. The SMILES string of the molecule is CC(NCC(=O)NC(c1ccc2c(c1)OCCO2)C(C)C)c1cnn(C2CC2)c1. The molecule has 0 saturated heterocycles. The molecule has 29 heavy (non-hydrogen) atoms. The van der Waals surface area contributed by atoms with Crippen LogP contribution in [0, 0.1) is 5.92 Å². The summed E-state index contributed by atoms with van der Waals surface area (Å²) in [6, 6.07) is 6.44. The lowest BCUT2D eigenvalue weighted by Crippen LogP contribution is -2.38. The smallest absolute Gasteiger partial charge is 0.234 e. The van der Waals surface area contributed by atoms with Crippen molar-refractivity contribution in [2.24, 2.45) is 5.92 Å². The van der Waals surface area contributed by atoms with Crippen LogP contribution in [0.2, 0.25) is 0 Å². The van der Waals surface area contributed by atoms with E-state index in [-0.39, 0.29) is 30.5 Å². The highest BCUT2D eigenvalue weighted by atomic mass is 16.6. The summed E-state index contributed by atoms with van der Waals surface area (Å²) in [5, 5.41) is 10.9. The number of amides is 1. The maximum absolute atomic E-state index is 12.6. The number of ether oxygens (including phenoxy) is 2.